The molecule has 54 heavy (non-hydrogen) atoms. The molecule has 4 heterocycles. The number of ketones is 2. The van der Waals surface area contributed by atoms with Gasteiger partial charge in [-0.15, -0.1) is 0 Å². The number of β-amino-alcohol motifs (C(OH)–C–C–N with tert-alkyl or cyclic N) is 1. The number of allylic oxidation sites excluding steroid dienone is 5. The number of nitrogens with zero attached hydrogens (tertiary/aromatic N) is 2. The number of piperazine rings is 1. The van der Waals surface area contributed by atoms with Gasteiger partial charge in [0.1, 0.15) is 28.4 Å². The van der Waals surface area contributed by atoms with E-state index in [0.717, 1.165) is 12.0 Å². The van der Waals surface area contributed by atoms with E-state index in [1.54, 1.807) is 24.0 Å². The van der Waals surface area contributed by atoms with Crippen molar-refractivity contribution in [1.29, 1.82) is 0 Å². The van der Waals surface area contributed by atoms with Crippen LogP contribution < -0.4 is 9.47 Å². The quantitative estimate of drug-likeness (QED) is 0.210. The maximum Gasteiger partial charge on any atom is 0.249 e. The third-order valence-electron chi connectivity index (χ3n) is 12.6. The third-order valence-corrected chi connectivity index (χ3v) is 12.6. The molecule has 4 aliphatic heterocycles. The van der Waals surface area contributed by atoms with E-state index in [4.69, 9.17) is 14.2 Å². The maximum absolute atomic E-state index is 15.0. The van der Waals surface area contributed by atoms with Gasteiger partial charge >= 0.3 is 0 Å². The van der Waals surface area contributed by atoms with Gasteiger partial charge in [0.15, 0.2) is 22.8 Å². The van der Waals surface area contributed by atoms with Crippen molar-refractivity contribution in [1.82, 2.24) is 9.80 Å². The molecule has 3 fully saturated rings. The lowest BCUT2D eigenvalue weighted by Crippen LogP contribution is -2.72. The van der Waals surface area contributed by atoms with E-state index in [1.165, 1.54) is 5.57 Å². The summed E-state index contributed by atoms with van der Waals surface area (Å²) in [6, 6.07) is 0. The number of carbonyl (C=O) groups excluding carboxylic acids is 3. The zero-order chi connectivity index (χ0) is 39.0. The minimum Gasteiger partial charge on any atom is -0.506 e. The highest BCUT2D eigenvalue weighted by atomic mass is 16.6. The Morgan fingerprint density at radius 1 is 0.963 bits per heavy atom. The second-order valence-corrected chi connectivity index (χ2v) is 17.3. The molecule has 7 aliphatic rings. The number of phenols is 1. The Labute approximate surface area is 319 Å². The minimum absolute atomic E-state index is 0.0478. The standard InChI is InChI=1S/C44H56N2O8/c1-26(2)10-9-15-42(8)16-14-30-35(48)34-36(49)32-24-29-25-33-41(6,7)54-43(39(29)50,17-13-28(5)40(51)46-20-18-45(19-21-46)22-23-47)44(32,33)53-38(34)31(37(30)52-42)12-11-27(3)4/h10-11,13-14,16,24,29,33,47-48H,9,12,15,17-23,25H2,1-8H3/b28-13-. The fourth-order valence-electron chi connectivity index (χ4n) is 9.74. The van der Waals surface area contributed by atoms with Crippen molar-refractivity contribution >= 4 is 23.5 Å². The molecule has 3 aliphatic carbocycles. The molecule has 2 N–H and O–H groups in total. The number of phenolic OH excluding ortho intramolecular Hbond substituents is 1. The van der Waals surface area contributed by atoms with Gasteiger partial charge in [-0.2, -0.15) is 0 Å². The number of benzene rings is 1. The first-order chi connectivity index (χ1) is 25.5. The van der Waals surface area contributed by atoms with Gasteiger partial charge in [-0.05, 0) is 93.2 Å². The molecule has 1 aromatic rings. The average molecular weight is 741 g/mol. The molecule has 8 rings (SSSR count). The second kappa shape index (κ2) is 13.6. The van der Waals surface area contributed by atoms with Gasteiger partial charge < -0.3 is 29.3 Å². The van der Waals surface area contributed by atoms with Gasteiger partial charge in [0, 0.05) is 67.7 Å². The first kappa shape index (κ1) is 38.3. The number of aromatic hydroxyl groups is 1. The molecule has 0 radical (unpaired) electrons. The fourth-order valence-corrected chi connectivity index (χ4v) is 9.74. The summed E-state index contributed by atoms with van der Waals surface area (Å²) in [4.78, 5) is 47.4. The van der Waals surface area contributed by atoms with Crippen molar-refractivity contribution in [3.05, 3.63) is 69.4 Å². The van der Waals surface area contributed by atoms with Crippen LogP contribution in [0.3, 0.4) is 0 Å². The highest BCUT2D eigenvalue weighted by Crippen LogP contribution is 2.68. The predicted molar refractivity (Wildman–Crippen MR) is 207 cm³/mol. The number of hydrogen-bond donors (Lipinski definition) is 2. The summed E-state index contributed by atoms with van der Waals surface area (Å²) in [6.07, 6.45) is 14.0. The Morgan fingerprint density at radius 3 is 2.33 bits per heavy atom. The van der Waals surface area contributed by atoms with Gasteiger partial charge in [-0.1, -0.05) is 35.5 Å². The van der Waals surface area contributed by atoms with E-state index < -0.39 is 28.3 Å². The largest absolute Gasteiger partial charge is 0.506 e. The summed E-state index contributed by atoms with van der Waals surface area (Å²) in [5, 5.41) is 21.3. The van der Waals surface area contributed by atoms with Crippen LogP contribution in [0, 0.1) is 11.8 Å². The normalized spacial score (nSPS) is 30.5. The number of Topliss-reactive ketones (excluding diaryl/α,β-unsaturated/α-hetero) is 2. The number of amides is 1. The molecule has 290 valence electrons. The van der Waals surface area contributed by atoms with Crippen LogP contribution >= 0.6 is 0 Å². The molecule has 10 heteroatoms. The minimum atomic E-state index is -1.58. The van der Waals surface area contributed by atoms with Crippen molar-refractivity contribution in [2.24, 2.45) is 11.8 Å². The number of hydrogen-bond acceptors (Lipinski definition) is 9. The lowest BCUT2D eigenvalue weighted by Gasteiger charge is -2.56. The molecule has 1 spiro atoms. The molecule has 4 bridgehead atoms. The molecule has 1 saturated carbocycles. The summed E-state index contributed by atoms with van der Waals surface area (Å²) < 4.78 is 21.1. The summed E-state index contributed by atoms with van der Waals surface area (Å²) in [5.74, 6) is -1.06. The molecule has 0 aromatic heterocycles. The molecule has 1 aromatic carbocycles. The van der Waals surface area contributed by atoms with Crippen LogP contribution in [0.1, 0.15) is 103 Å². The average Bonchev–Trinajstić information content (AvgIpc) is 3.27. The molecule has 5 atom stereocenters. The van der Waals surface area contributed by atoms with Gasteiger partial charge in [0.25, 0.3) is 0 Å². The number of aliphatic hydroxyl groups excluding tert-OH is 1. The van der Waals surface area contributed by atoms with Crippen LogP contribution in [0.5, 0.6) is 17.2 Å². The fraction of sp³-hybridized carbons (Fsp3) is 0.568. The number of fused-ring (bicyclic) bond motifs is 2. The Balaban J connectivity index is 1.33. The van der Waals surface area contributed by atoms with Crippen LogP contribution in [0.2, 0.25) is 0 Å². The zero-order valence-electron chi connectivity index (χ0n) is 33.1. The monoisotopic (exact) mass is 740 g/mol. The maximum atomic E-state index is 15.0. The second-order valence-electron chi connectivity index (χ2n) is 17.3. The Morgan fingerprint density at radius 2 is 1.67 bits per heavy atom. The highest BCUT2D eigenvalue weighted by molar-refractivity contribution is 6.19. The lowest BCUT2D eigenvalue weighted by molar-refractivity contribution is -0.171. The van der Waals surface area contributed by atoms with Crippen LogP contribution in [-0.2, 0) is 20.7 Å². The lowest BCUT2D eigenvalue weighted by atomic mass is 9.51. The van der Waals surface area contributed by atoms with E-state index >= 15 is 4.79 Å². The molecular formula is C44H56N2O8. The number of ether oxygens (including phenoxy) is 3. The summed E-state index contributed by atoms with van der Waals surface area (Å²) >= 11 is 0. The summed E-state index contributed by atoms with van der Waals surface area (Å²) in [6.45, 7) is 18.9. The van der Waals surface area contributed by atoms with Gasteiger partial charge in [0.2, 0.25) is 5.91 Å². The van der Waals surface area contributed by atoms with E-state index in [9.17, 15) is 19.8 Å². The van der Waals surface area contributed by atoms with Crippen LogP contribution in [0.25, 0.3) is 6.08 Å². The Bertz CT molecular complexity index is 1940. The molecular weight excluding hydrogens is 684 g/mol. The molecule has 10 nitrogen and oxygen atoms in total. The number of rotatable bonds is 10. The topological polar surface area (TPSA) is 126 Å². The van der Waals surface area contributed by atoms with Crippen LogP contribution in [0.4, 0.5) is 0 Å². The Hall–Kier alpha value is -3.99. The summed E-state index contributed by atoms with van der Waals surface area (Å²) in [7, 11) is 0. The van der Waals surface area contributed by atoms with E-state index in [1.807, 2.05) is 46.8 Å². The smallest absolute Gasteiger partial charge is 0.249 e. The van der Waals surface area contributed by atoms with Crippen LogP contribution in [-0.4, -0.2) is 99.2 Å². The van der Waals surface area contributed by atoms with E-state index in [0.29, 0.717) is 80.0 Å². The number of aliphatic hydroxyl groups is 1. The molecule has 2 saturated heterocycles. The number of carbonyl (C=O) groups is 3. The van der Waals surface area contributed by atoms with E-state index in [-0.39, 0.29) is 53.5 Å². The highest BCUT2D eigenvalue weighted by Gasteiger charge is 2.81. The predicted octanol–water partition coefficient (Wildman–Crippen LogP) is 6.29. The zero-order valence-corrected chi connectivity index (χ0v) is 33.1. The SMILES string of the molecule is CC(C)=CCCC1(C)C=Cc2c(O)c3c(c(CC=C(C)C)c2O1)OC12C(=CC4CC1C(C)(C)OC2(C/C=C(/C)C(=O)N1CCN(CCO)CC1)C4=O)C3=O. The van der Waals surface area contributed by atoms with Crippen molar-refractivity contribution < 1.29 is 38.8 Å². The van der Waals surface area contributed by atoms with E-state index in [2.05, 4.69) is 30.9 Å². The third kappa shape index (κ3) is 5.91. The molecule has 1 amide bonds. The Kier molecular flexibility index (Phi) is 9.67. The van der Waals surface area contributed by atoms with Crippen LogP contribution in [0.15, 0.2) is 52.7 Å². The van der Waals surface area contributed by atoms with Crippen molar-refractivity contribution in [2.75, 3.05) is 39.3 Å². The summed E-state index contributed by atoms with van der Waals surface area (Å²) in [5.41, 5.74) is -0.294. The first-order valence-electron chi connectivity index (χ1n) is 19.5. The van der Waals surface area contributed by atoms with Crippen molar-refractivity contribution in [3.8, 4) is 17.2 Å². The van der Waals surface area contributed by atoms with Gasteiger partial charge in [-0.25, -0.2) is 0 Å². The van der Waals surface area contributed by atoms with Crippen molar-refractivity contribution in [2.45, 2.75) is 110 Å². The van der Waals surface area contributed by atoms with Crippen molar-refractivity contribution in [3.63, 3.8) is 0 Å². The van der Waals surface area contributed by atoms with Gasteiger partial charge in [0.05, 0.1) is 17.8 Å². The first-order valence-corrected chi connectivity index (χ1v) is 19.5. The van der Waals surface area contributed by atoms with Gasteiger partial charge in [-0.3, -0.25) is 19.3 Å². The molecule has 5 unspecified atom stereocenters.